The number of aromatic amines is 1. The second-order valence-corrected chi connectivity index (χ2v) is 6.49. The number of amides is 1. The summed E-state index contributed by atoms with van der Waals surface area (Å²) >= 11 is 0. The van der Waals surface area contributed by atoms with Gasteiger partial charge in [-0.15, -0.1) is 0 Å². The SMILES string of the molecule is O=C(c1cnc2nc[nH]n2c1=O)N1CCN(Cc2ccccc2CO)CC1. The van der Waals surface area contributed by atoms with E-state index < -0.39 is 5.56 Å². The molecule has 1 aromatic carbocycles. The van der Waals surface area contributed by atoms with E-state index in [4.69, 9.17) is 0 Å². The van der Waals surface area contributed by atoms with E-state index in [-0.39, 0.29) is 23.9 Å². The van der Waals surface area contributed by atoms with E-state index in [0.717, 1.165) is 22.2 Å². The number of rotatable bonds is 4. The first kappa shape index (κ1) is 17.4. The van der Waals surface area contributed by atoms with E-state index in [2.05, 4.69) is 20.0 Å². The number of benzene rings is 1. The monoisotopic (exact) mass is 368 g/mol. The van der Waals surface area contributed by atoms with Gasteiger partial charge < -0.3 is 10.0 Å². The summed E-state index contributed by atoms with van der Waals surface area (Å²) in [5, 5.41) is 12.1. The van der Waals surface area contributed by atoms with Crippen molar-refractivity contribution in [3.63, 3.8) is 0 Å². The number of fused-ring (bicyclic) bond motifs is 1. The topological polar surface area (TPSA) is 107 Å². The van der Waals surface area contributed by atoms with Crippen LogP contribution in [0.4, 0.5) is 0 Å². The van der Waals surface area contributed by atoms with Crippen molar-refractivity contribution in [1.29, 1.82) is 0 Å². The molecule has 140 valence electrons. The van der Waals surface area contributed by atoms with Crippen molar-refractivity contribution in [1.82, 2.24) is 29.4 Å². The zero-order chi connectivity index (χ0) is 18.8. The van der Waals surface area contributed by atoms with Crippen molar-refractivity contribution < 1.29 is 9.90 Å². The second-order valence-electron chi connectivity index (χ2n) is 6.49. The molecule has 1 saturated heterocycles. The number of aliphatic hydroxyl groups is 1. The number of hydrogen-bond donors (Lipinski definition) is 2. The molecule has 9 nitrogen and oxygen atoms in total. The molecule has 1 fully saturated rings. The molecule has 0 aliphatic carbocycles. The fourth-order valence-electron chi connectivity index (χ4n) is 3.33. The lowest BCUT2D eigenvalue weighted by molar-refractivity contribution is 0.0625. The molecule has 0 radical (unpaired) electrons. The van der Waals surface area contributed by atoms with Crippen LogP contribution in [0.5, 0.6) is 0 Å². The predicted octanol–water partition coefficient (Wildman–Crippen LogP) is -0.132. The van der Waals surface area contributed by atoms with E-state index in [1.54, 1.807) is 4.90 Å². The Morgan fingerprint density at radius 2 is 1.85 bits per heavy atom. The van der Waals surface area contributed by atoms with Gasteiger partial charge in [-0.05, 0) is 11.1 Å². The number of piperazine rings is 1. The molecule has 2 aromatic heterocycles. The molecule has 0 saturated carbocycles. The van der Waals surface area contributed by atoms with Crippen LogP contribution >= 0.6 is 0 Å². The highest BCUT2D eigenvalue weighted by atomic mass is 16.3. The quantitative estimate of drug-likeness (QED) is 0.664. The predicted molar refractivity (Wildman–Crippen MR) is 97.2 cm³/mol. The standard InChI is InChI=1S/C18H20N6O3/c25-11-14-4-2-1-3-13(14)10-22-5-7-23(8-6-22)16(26)15-9-19-18-20-12-21-24(18)17(15)27/h1-4,9,12,25H,5-8,10-11H2,(H,19,20,21). The van der Waals surface area contributed by atoms with E-state index in [9.17, 15) is 14.7 Å². The molecule has 27 heavy (non-hydrogen) atoms. The number of hydrogen-bond acceptors (Lipinski definition) is 6. The number of carbonyl (C=O) groups excluding carboxylic acids is 1. The van der Waals surface area contributed by atoms with Gasteiger partial charge in [0.15, 0.2) is 0 Å². The molecular weight excluding hydrogens is 348 g/mol. The highest BCUT2D eigenvalue weighted by Gasteiger charge is 2.25. The Bertz CT molecular complexity index is 1020. The maximum absolute atomic E-state index is 12.7. The lowest BCUT2D eigenvalue weighted by Gasteiger charge is -2.34. The van der Waals surface area contributed by atoms with Crippen LogP contribution in [-0.2, 0) is 13.2 Å². The van der Waals surface area contributed by atoms with Crippen molar-refractivity contribution in [2.45, 2.75) is 13.2 Å². The van der Waals surface area contributed by atoms with Gasteiger partial charge in [-0.25, -0.2) is 9.97 Å². The van der Waals surface area contributed by atoms with Crippen LogP contribution in [-0.4, -0.2) is 66.6 Å². The number of carbonyl (C=O) groups is 1. The lowest BCUT2D eigenvalue weighted by Crippen LogP contribution is -2.49. The van der Waals surface area contributed by atoms with Crippen LogP contribution < -0.4 is 5.56 Å². The summed E-state index contributed by atoms with van der Waals surface area (Å²) in [4.78, 5) is 37.0. The number of H-pyrrole nitrogens is 1. The van der Waals surface area contributed by atoms with E-state index in [0.29, 0.717) is 26.2 Å². The first-order valence-corrected chi connectivity index (χ1v) is 8.78. The minimum atomic E-state index is -0.443. The molecule has 0 unspecified atom stereocenters. The fraction of sp³-hybridized carbons (Fsp3) is 0.333. The Morgan fingerprint density at radius 1 is 1.11 bits per heavy atom. The number of aliphatic hydroxyl groups excluding tert-OH is 1. The van der Waals surface area contributed by atoms with Gasteiger partial charge >= 0.3 is 0 Å². The van der Waals surface area contributed by atoms with Crippen molar-refractivity contribution in [2.75, 3.05) is 26.2 Å². The Kier molecular flexibility index (Phi) is 4.69. The first-order valence-electron chi connectivity index (χ1n) is 8.78. The Morgan fingerprint density at radius 3 is 2.59 bits per heavy atom. The minimum Gasteiger partial charge on any atom is -0.392 e. The third-order valence-corrected chi connectivity index (χ3v) is 4.88. The smallest absolute Gasteiger partial charge is 0.286 e. The van der Waals surface area contributed by atoms with Crippen molar-refractivity contribution >= 4 is 11.7 Å². The van der Waals surface area contributed by atoms with Gasteiger partial charge in [0, 0.05) is 38.9 Å². The summed E-state index contributed by atoms with van der Waals surface area (Å²) < 4.78 is 1.16. The fourth-order valence-corrected chi connectivity index (χ4v) is 3.33. The molecule has 0 bridgehead atoms. The molecule has 3 heterocycles. The van der Waals surface area contributed by atoms with E-state index in [1.165, 1.54) is 12.5 Å². The zero-order valence-electron chi connectivity index (χ0n) is 14.7. The van der Waals surface area contributed by atoms with Gasteiger partial charge in [-0.3, -0.25) is 19.6 Å². The first-order chi connectivity index (χ1) is 13.2. The summed E-state index contributed by atoms with van der Waals surface area (Å²) in [5.74, 6) is -0.0733. The molecule has 9 heteroatoms. The summed E-state index contributed by atoms with van der Waals surface area (Å²) in [6.45, 7) is 3.21. The molecule has 1 amide bonds. The molecule has 2 N–H and O–H groups in total. The van der Waals surface area contributed by atoms with Gasteiger partial charge in [0.25, 0.3) is 17.2 Å². The molecule has 0 atom stereocenters. The van der Waals surface area contributed by atoms with Crippen LogP contribution in [0.25, 0.3) is 5.78 Å². The number of nitrogens with one attached hydrogen (secondary N) is 1. The van der Waals surface area contributed by atoms with Crippen LogP contribution in [0.2, 0.25) is 0 Å². The maximum Gasteiger partial charge on any atom is 0.286 e. The molecular formula is C18H20N6O3. The Balaban J connectivity index is 1.43. The Labute approximate surface area is 154 Å². The van der Waals surface area contributed by atoms with Gasteiger partial charge in [0.1, 0.15) is 11.9 Å². The average molecular weight is 368 g/mol. The van der Waals surface area contributed by atoms with Crippen LogP contribution in [0.3, 0.4) is 0 Å². The van der Waals surface area contributed by atoms with Crippen LogP contribution in [0.1, 0.15) is 21.5 Å². The van der Waals surface area contributed by atoms with E-state index >= 15 is 0 Å². The third-order valence-electron chi connectivity index (χ3n) is 4.88. The molecule has 1 aliphatic rings. The van der Waals surface area contributed by atoms with Crippen LogP contribution in [0.15, 0.2) is 41.6 Å². The molecule has 4 rings (SSSR count). The highest BCUT2D eigenvalue weighted by Crippen LogP contribution is 2.14. The van der Waals surface area contributed by atoms with Crippen molar-refractivity contribution in [3.05, 3.63) is 63.8 Å². The number of aromatic nitrogens is 4. The van der Waals surface area contributed by atoms with Crippen molar-refractivity contribution in [3.8, 4) is 0 Å². The van der Waals surface area contributed by atoms with E-state index in [1.807, 2.05) is 24.3 Å². The zero-order valence-corrected chi connectivity index (χ0v) is 14.7. The van der Waals surface area contributed by atoms with Gasteiger partial charge in [0.05, 0.1) is 6.61 Å². The maximum atomic E-state index is 12.7. The van der Waals surface area contributed by atoms with Gasteiger partial charge in [0.2, 0.25) is 0 Å². The van der Waals surface area contributed by atoms with Gasteiger partial charge in [-0.1, -0.05) is 24.3 Å². The molecule has 1 aliphatic heterocycles. The average Bonchev–Trinajstić information content (AvgIpc) is 3.19. The summed E-state index contributed by atoms with van der Waals surface area (Å²) in [5.41, 5.74) is 1.60. The summed E-state index contributed by atoms with van der Waals surface area (Å²) in [7, 11) is 0. The minimum absolute atomic E-state index is 0.0155. The molecule has 3 aromatic rings. The second kappa shape index (κ2) is 7.29. The lowest BCUT2D eigenvalue weighted by atomic mass is 10.1. The summed E-state index contributed by atoms with van der Waals surface area (Å²) in [6, 6.07) is 7.80. The van der Waals surface area contributed by atoms with Crippen molar-refractivity contribution in [2.24, 2.45) is 0 Å². The third kappa shape index (κ3) is 3.34. The normalized spacial score (nSPS) is 15.4. The number of nitrogens with zero attached hydrogens (tertiary/aromatic N) is 5. The van der Waals surface area contributed by atoms with Gasteiger partial charge in [-0.2, -0.15) is 4.52 Å². The largest absolute Gasteiger partial charge is 0.392 e. The molecule has 0 spiro atoms. The van der Waals surface area contributed by atoms with Crippen LogP contribution in [0, 0.1) is 0 Å². The highest BCUT2D eigenvalue weighted by molar-refractivity contribution is 5.93. The Hall–Kier alpha value is -3.04. The summed E-state index contributed by atoms with van der Waals surface area (Å²) in [6.07, 6.45) is 2.66.